The predicted octanol–water partition coefficient (Wildman–Crippen LogP) is 2.44. The van der Waals surface area contributed by atoms with Crippen molar-refractivity contribution in [2.24, 2.45) is 0 Å². The first kappa shape index (κ1) is 17.4. The molecule has 0 spiro atoms. The molecule has 0 aliphatic heterocycles. The fourth-order valence-corrected chi connectivity index (χ4v) is 3.67. The van der Waals surface area contributed by atoms with Crippen LogP contribution in [0, 0.1) is 0 Å². The van der Waals surface area contributed by atoms with Crippen molar-refractivity contribution in [3.8, 4) is 0 Å². The van der Waals surface area contributed by atoms with Gasteiger partial charge in [0.05, 0.1) is 17.5 Å². The third-order valence-electron chi connectivity index (χ3n) is 2.42. The van der Waals surface area contributed by atoms with Crippen molar-refractivity contribution in [2.45, 2.75) is 4.34 Å². The maximum absolute atomic E-state index is 12.3. The summed E-state index contributed by atoms with van der Waals surface area (Å²) in [5.74, 6) is 0.233. The summed E-state index contributed by atoms with van der Waals surface area (Å²) in [6, 6.07) is 6.33. The molecule has 1 heterocycles. The van der Waals surface area contributed by atoms with E-state index in [0.717, 1.165) is 6.26 Å². The number of carbonyl (C=O) groups is 1. The van der Waals surface area contributed by atoms with Crippen LogP contribution < -0.4 is 10.0 Å². The average Bonchev–Trinajstić information content (AvgIpc) is 2.91. The number of thioether (sulfide) groups is 1. The minimum absolute atomic E-state index is 0.202. The molecule has 0 saturated carbocycles. The Balaban J connectivity index is 2.14. The highest BCUT2D eigenvalue weighted by molar-refractivity contribution is 8.01. The van der Waals surface area contributed by atoms with E-state index in [4.69, 9.17) is 0 Å². The van der Waals surface area contributed by atoms with Gasteiger partial charge in [0, 0.05) is 5.75 Å². The van der Waals surface area contributed by atoms with Gasteiger partial charge in [-0.25, -0.2) is 8.42 Å². The number of benzene rings is 1. The summed E-state index contributed by atoms with van der Waals surface area (Å²) in [4.78, 5) is 12.3. The number of nitrogens with zero attached hydrogens (tertiary/aromatic N) is 2. The van der Waals surface area contributed by atoms with Crippen molar-refractivity contribution >= 4 is 49.8 Å². The van der Waals surface area contributed by atoms with Crippen LogP contribution >= 0.6 is 23.1 Å². The minimum atomic E-state index is -3.48. The van der Waals surface area contributed by atoms with Gasteiger partial charge < -0.3 is 0 Å². The Kier molecular flexibility index (Phi) is 5.74. The lowest BCUT2D eigenvalue weighted by molar-refractivity contribution is 0.102. The molecule has 0 atom stereocenters. The Hall–Kier alpha value is -1.91. The van der Waals surface area contributed by atoms with E-state index >= 15 is 0 Å². The van der Waals surface area contributed by atoms with E-state index in [-0.39, 0.29) is 11.3 Å². The number of rotatable bonds is 7. The molecular formula is C13H14N4O3S3. The second kappa shape index (κ2) is 7.57. The van der Waals surface area contributed by atoms with Crippen LogP contribution in [-0.2, 0) is 10.0 Å². The summed E-state index contributed by atoms with van der Waals surface area (Å²) in [5.41, 5.74) is 0.409. The summed E-state index contributed by atoms with van der Waals surface area (Å²) < 4.78 is 25.8. The lowest BCUT2D eigenvalue weighted by Crippen LogP contribution is -2.17. The molecule has 2 aromatic rings. The van der Waals surface area contributed by atoms with E-state index < -0.39 is 15.9 Å². The number of para-hydroxylation sites is 1. The van der Waals surface area contributed by atoms with Crippen LogP contribution in [0.3, 0.4) is 0 Å². The topological polar surface area (TPSA) is 101 Å². The number of sulfonamides is 1. The number of amides is 1. The Morgan fingerprint density at radius 3 is 2.83 bits per heavy atom. The van der Waals surface area contributed by atoms with Gasteiger partial charge in [-0.15, -0.1) is 16.8 Å². The van der Waals surface area contributed by atoms with E-state index in [0.29, 0.717) is 15.2 Å². The lowest BCUT2D eigenvalue weighted by atomic mass is 10.2. The zero-order valence-electron chi connectivity index (χ0n) is 12.1. The molecule has 0 aliphatic rings. The van der Waals surface area contributed by atoms with Gasteiger partial charge in [-0.1, -0.05) is 41.3 Å². The average molecular weight is 370 g/mol. The fraction of sp³-hybridized carbons (Fsp3) is 0.154. The molecule has 122 valence electrons. The van der Waals surface area contributed by atoms with Crippen molar-refractivity contribution in [2.75, 3.05) is 22.0 Å². The van der Waals surface area contributed by atoms with Crippen LogP contribution in [0.1, 0.15) is 10.4 Å². The minimum Gasteiger partial charge on any atom is -0.296 e. The molecule has 0 saturated heterocycles. The Morgan fingerprint density at radius 2 is 2.13 bits per heavy atom. The van der Waals surface area contributed by atoms with Gasteiger partial charge in [-0.3, -0.25) is 14.8 Å². The molecule has 0 radical (unpaired) electrons. The van der Waals surface area contributed by atoms with Crippen molar-refractivity contribution in [3.05, 3.63) is 42.5 Å². The van der Waals surface area contributed by atoms with Gasteiger partial charge in [0.1, 0.15) is 0 Å². The molecule has 7 nitrogen and oxygen atoms in total. The van der Waals surface area contributed by atoms with Gasteiger partial charge in [-0.2, -0.15) is 0 Å². The summed E-state index contributed by atoms with van der Waals surface area (Å²) in [7, 11) is -3.48. The summed E-state index contributed by atoms with van der Waals surface area (Å²) in [6.45, 7) is 3.62. The van der Waals surface area contributed by atoms with E-state index in [2.05, 4.69) is 26.8 Å². The number of nitrogens with one attached hydrogen (secondary N) is 2. The number of aromatic nitrogens is 2. The smallest absolute Gasteiger partial charge is 0.259 e. The van der Waals surface area contributed by atoms with Crippen molar-refractivity contribution in [1.82, 2.24) is 10.2 Å². The maximum atomic E-state index is 12.3. The molecular weight excluding hydrogens is 356 g/mol. The van der Waals surface area contributed by atoms with E-state index in [1.165, 1.54) is 35.2 Å². The van der Waals surface area contributed by atoms with E-state index in [9.17, 15) is 13.2 Å². The highest BCUT2D eigenvalue weighted by Crippen LogP contribution is 2.26. The highest BCUT2D eigenvalue weighted by Gasteiger charge is 2.15. The summed E-state index contributed by atoms with van der Waals surface area (Å²) in [5, 5.41) is 10.8. The predicted molar refractivity (Wildman–Crippen MR) is 93.7 cm³/mol. The van der Waals surface area contributed by atoms with Crippen LogP contribution in [0.25, 0.3) is 0 Å². The molecule has 23 heavy (non-hydrogen) atoms. The first-order valence-corrected chi connectivity index (χ1v) is 10.0. The van der Waals surface area contributed by atoms with E-state index in [1.54, 1.807) is 18.2 Å². The van der Waals surface area contributed by atoms with Gasteiger partial charge in [0.25, 0.3) is 5.91 Å². The van der Waals surface area contributed by atoms with Crippen LogP contribution in [-0.4, -0.2) is 36.5 Å². The standard InChI is InChI=1S/C13H14N4O3S3/c1-3-8-21-13-16-15-12(22-13)14-11(18)9-6-4-5-7-10(9)17-23(2,19)20/h3-7,17H,1,8H2,2H3,(H,14,15,18). The van der Waals surface area contributed by atoms with Crippen molar-refractivity contribution < 1.29 is 13.2 Å². The van der Waals surface area contributed by atoms with Crippen molar-refractivity contribution in [3.63, 3.8) is 0 Å². The monoisotopic (exact) mass is 370 g/mol. The van der Waals surface area contributed by atoms with Crippen LogP contribution in [0.4, 0.5) is 10.8 Å². The lowest BCUT2D eigenvalue weighted by Gasteiger charge is -2.09. The van der Waals surface area contributed by atoms with Crippen molar-refractivity contribution in [1.29, 1.82) is 0 Å². The number of hydrogen-bond acceptors (Lipinski definition) is 7. The number of anilines is 2. The quantitative estimate of drug-likeness (QED) is 0.441. The van der Waals surface area contributed by atoms with E-state index in [1.807, 2.05) is 0 Å². The number of hydrogen-bond donors (Lipinski definition) is 2. The Labute approximate surface area is 142 Å². The molecule has 0 bridgehead atoms. The highest BCUT2D eigenvalue weighted by atomic mass is 32.2. The first-order chi connectivity index (χ1) is 10.9. The van der Waals surface area contributed by atoms with Crippen LogP contribution in [0.5, 0.6) is 0 Å². The zero-order valence-corrected chi connectivity index (χ0v) is 14.6. The maximum Gasteiger partial charge on any atom is 0.259 e. The molecule has 0 fully saturated rings. The third kappa shape index (κ3) is 5.34. The Bertz CT molecular complexity index is 817. The van der Waals surface area contributed by atoms with Gasteiger partial charge in [0.2, 0.25) is 15.2 Å². The van der Waals surface area contributed by atoms with Gasteiger partial charge in [0.15, 0.2) is 4.34 Å². The second-order valence-corrected chi connectivity index (χ2v) is 8.34. The molecule has 0 unspecified atom stereocenters. The molecule has 1 amide bonds. The molecule has 1 aromatic carbocycles. The second-order valence-electron chi connectivity index (χ2n) is 4.35. The largest absolute Gasteiger partial charge is 0.296 e. The Morgan fingerprint density at radius 1 is 1.39 bits per heavy atom. The fourth-order valence-electron chi connectivity index (χ4n) is 1.58. The normalized spacial score (nSPS) is 11.0. The molecule has 1 aromatic heterocycles. The molecule has 2 rings (SSSR count). The third-order valence-corrected chi connectivity index (χ3v) is 4.98. The summed E-state index contributed by atoms with van der Waals surface area (Å²) in [6.07, 6.45) is 2.77. The van der Waals surface area contributed by atoms with Crippen LogP contribution in [0.15, 0.2) is 41.3 Å². The number of carbonyl (C=O) groups excluding carboxylic acids is 1. The zero-order chi connectivity index (χ0) is 16.9. The summed E-state index contributed by atoms with van der Waals surface area (Å²) >= 11 is 2.70. The first-order valence-electron chi connectivity index (χ1n) is 6.34. The molecule has 0 aliphatic carbocycles. The van der Waals surface area contributed by atoms with Gasteiger partial charge in [-0.05, 0) is 12.1 Å². The SMILES string of the molecule is C=CCSc1nnc(NC(=O)c2ccccc2NS(C)(=O)=O)s1. The molecule has 2 N–H and O–H groups in total. The van der Waals surface area contributed by atoms with Gasteiger partial charge >= 0.3 is 0 Å². The molecule has 10 heteroatoms. The van der Waals surface area contributed by atoms with Crippen LogP contribution in [0.2, 0.25) is 0 Å².